The van der Waals surface area contributed by atoms with E-state index in [1.54, 1.807) is 12.1 Å². The van der Waals surface area contributed by atoms with E-state index in [0.29, 0.717) is 29.7 Å². The number of hydrogen-bond acceptors (Lipinski definition) is 2. The molecule has 1 aliphatic carbocycles. The van der Waals surface area contributed by atoms with Crippen LogP contribution in [0.1, 0.15) is 62.0 Å². The van der Waals surface area contributed by atoms with Gasteiger partial charge in [0.2, 0.25) is 11.8 Å². The molecule has 5 heteroatoms. The summed E-state index contributed by atoms with van der Waals surface area (Å²) in [5, 5.41) is 3.64. The summed E-state index contributed by atoms with van der Waals surface area (Å²) in [6, 6.07) is 16.0. The van der Waals surface area contributed by atoms with Crippen molar-refractivity contribution in [2.24, 2.45) is 5.92 Å². The Hall–Kier alpha value is -2.33. The van der Waals surface area contributed by atoms with Gasteiger partial charge in [-0.1, -0.05) is 35.9 Å². The van der Waals surface area contributed by atoms with Crippen LogP contribution in [0.4, 0.5) is 5.69 Å². The summed E-state index contributed by atoms with van der Waals surface area (Å²) in [5.41, 5.74) is 3.40. The number of halogens is 1. The zero-order chi connectivity index (χ0) is 20.9. The average Bonchev–Trinajstić information content (AvgIpc) is 3.15. The van der Waals surface area contributed by atoms with Gasteiger partial charge >= 0.3 is 0 Å². The maximum Gasteiger partial charge on any atom is 0.224 e. The third kappa shape index (κ3) is 5.42. The molecule has 0 radical (unpaired) electrons. The largest absolute Gasteiger partial charge is 0.338 e. The number of anilines is 1. The van der Waals surface area contributed by atoms with Gasteiger partial charge in [-0.25, -0.2) is 0 Å². The first-order valence-corrected chi connectivity index (χ1v) is 11.4. The number of rotatable bonds is 6. The molecule has 4 nitrogen and oxygen atoms in total. The van der Waals surface area contributed by atoms with Crippen LogP contribution in [0.5, 0.6) is 0 Å². The highest BCUT2D eigenvalue weighted by Gasteiger charge is 2.25. The quantitative estimate of drug-likeness (QED) is 0.640. The van der Waals surface area contributed by atoms with Crippen LogP contribution in [0.25, 0.3) is 0 Å². The summed E-state index contributed by atoms with van der Waals surface area (Å²) in [7, 11) is 0. The minimum atomic E-state index is 0.0815. The molecule has 1 saturated carbocycles. The molecule has 0 atom stereocenters. The first kappa shape index (κ1) is 20.9. The molecule has 2 amide bonds. The number of likely N-dealkylation sites (tertiary alicyclic amines) is 1. The van der Waals surface area contributed by atoms with E-state index in [9.17, 15) is 9.59 Å². The summed E-state index contributed by atoms with van der Waals surface area (Å²) in [6.45, 7) is 1.61. The topological polar surface area (TPSA) is 49.4 Å². The normalized spacial score (nSPS) is 21.6. The summed E-state index contributed by atoms with van der Waals surface area (Å²) in [6.07, 6.45) is 6.63. The van der Waals surface area contributed by atoms with Crippen LogP contribution in [-0.2, 0) is 16.1 Å². The second kappa shape index (κ2) is 9.65. The van der Waals surface area contributed by atoms with Crippen molar-refractivity contribution < 1.29 is 9.59 Å². The van der Waals surface area contributed by atoms with Crippen LogP contribution in [0.15, 0.2) is 48.5 Å². The lowest BCUT2D eigenvalue weighted by Crippen LogP contribution is -2.24. The predicted molar refractivity (Wildman–Crippen MR) is 120 cm³/mol. The van der Waals surface area contributed by atoms with Crippen LogP contribution in [0, 0.1) is 5.92 Å². The summed E-state index contributed by atoms with van der Waals surface area (Å²) in [5.74, 6) is 1.35. The predicted octanol–water partition coefficient (Wildman–Crippen LogP) is 5.77. The Morgan fingerprint density at radius 3 is 2.53 bits per heavy atom. The van der Waals surface area contributed by atoms with E-state index >= 15 is 0 Å². The third-order valence-electron chi connectivity index (χ3n) is 6.42. The highest BCUT2D eigenvalue weighted by Crippen LogP contribution is 2.37. The Balaban J connectivity index is 1.27. The monoisotopic (exact) mass is 424 g/mol. The van der Waals surface area contributed by atoms with E-state index in [1.807, 2.05) is 17.0 Å². The molecule has 0 unspecified atom stereocenters. The zero-order valence-electron chi connectivity index (χ0n) is 17.3. The molecule has 1 aliphatic heterocycles. The van der Waals surface area contributed by atoms with Gasteiger partial charge in [-0.2, -0.15) is 0 Å². The van der Waals surface area contributed by atoms with E-state index in [4.69, 9.17) is 11.6 Å². The fourth-order valence-electron chi connectivity index (χ4n) is 4.74. The summed E-state index contributed by atoms with van der Waals surface area (Å²) in [4.78, 5) is 26.3. The van der Waals surface area contributed by atoms with Crippen molar-refractivity contribution in [3.63, 3.8) is 0 Å². The molecule has 4 rings (SSSR count). The first-order chi connectivity index (χ1) is 14.6. The molecule has 2 fully saturated rings. The first-order valence-electron chi connectivity index (χ1n) is 11.0. The van der Waals surface area contributed by atoms with Gasteiger partial charge < -0.3 is 10.2 Å². The molecule has 0 bridgehead atoms. The molecule has 30 heavy (non-hydrogen) atoms. The van der Waals surface area contributed by atoms with Gasteiger partial charge in [0, 0.05) is 36.6 Å². The maximum absolute atomic E-state index is 12.4. The average molecular weight is 425 g/mol. The van der Waals surface area contributed by atoms with Crippen molar-refractivity contribution >= 4 is 29.1 Å². The molecule has 0 spiro atoms. The lowest BCUT2D eigenvalue weighted by atomic mass is 9.77. The van der Waals surface area contributed by atoms with Crippen LogP contribution in [-0.4, -0.2) is 23.3 Å². The molecular weight excluding hydrogens is 396 g/mol. The Bertz CT molecular complexity index is 888. The van der Waals surface area contributed by atoms with E-state index in [2.05, 4.69) is 29.6 Å². The number of carbonyl (C=O) groups is 2. The number of hydrogen-bond donors (Lipinski definition) is 1. The maximum atomic E-state index is 12.4. The van der Waals surface area contributed by atoms with E-state index < -0.39 is 0 Å². The second-order valence-corrected chi connectivity index (χ2v) is 9.08. The van der Waals surface area contributed by atoms with Crippen LogP contribution in [0.3, 0.4) is 0 Å². The second-order valence-electron chi connectivity index (χ2n) is 8.64. The van der Waals surface area contributed by atoms with Crippen molar-refractivity contribution in [3.8, 4) is 0 Å². The summed E-state index contributed by atoms with van der Waals surface area (Å²) >= 11 is 5.90. The van der Waals surface area contributed by atoms with Crippen LogP contribution >= 0.6 is 11.6 Å². The molecule has 158 valence electrons. The van der Waals surface area contributed by atoms with E-state index in [0.717, 1.165) is 50.9 Å². The standard InChI is InChI=1S/C25H29ClN2O2/c26-22-10-12-23(13-11-22)27-24(29)16-18-6-8-20(9-7-18)21-4-1-3-19(15-21)17-28-14-2-5-25(28)30/h1,3-4,10-13,15,18,20H,2,5-9,14,16-17H2,(H,27,29). The number of benzene rings is 2. The Kier molecular flexibility index (Phi) is 6.73. The van der Waals surface area contributed by atoms with Crippen molar-refractivity contribution in [1.82, 2.24) is 4.90 Å². The molecule has 1 heterocycles. The van der Waals surface area contributed by atoms with Gasteiger partial charge in [0.1, 0.15) is 0 Å². The molecule has 1 saturated heterocycles. The molecule has 2 aromatic carbocycles. The lowest BCUT2D eigenvalue weighted by molar-refractivity contribution is -0.128. The van der Waals surface area contributed by atoms with Gasteiger partial charge in [0.25, 0.3) is 0 Å². The smallest absolute Gasteiger partial charge is 0.224 e. The minimum absolute atomic E-state index is 0.0815. The van der Waals surface area contributed by atoms with Crippen molar-refractivity contribution in [2.75, 3.05) is 11.9 Å². The van der Waals surface area contributed by atoms with Gasteiger partial charge in [-0.3, -0.25) is 9.59 Å². The Morgan fingerprint density at radius 1 is 1.07 bits per heavy atom. The number of carbonyl (C=O) groups excluding carboxylic acids is 2. The highest BCUT2D eigenvalue weighted by atomic mass is 35.5. The number of nitrogens with one attached hydrogen (secondary N) is 1. The van der Waals surface area contributed by atoms with Crippen molar-refractivity contribution in [2.45, 2.75) is 57.4 Å². The third-order valence-corrected chi connectivity index (χ3v) is 6.67. The van der Waals surface area contributed by atoms with Crippen LogP contribution in [0.2, 0.25) is 5.02 Å². The Morgan fingerprint density at radius 2 is 1.83 bits per heavy atom. The number of nitrogens with zero attached hydrogens (tertiary/aromatic N) is 1. The molecule has 2 aromatic rings. The van der Waals surface area contributed by atoms with Gasteiger partial charge in [0.15, 0.2) is 0 Å². The van der Waals surface area contributed by atoms with Gasteiger partial charge in [-0.15, -0.1) is 0 Å². The minimum Gasteiger partial charge on any atom is -0.338 e. The van der Waals surface area contributed by atoms with E-state index in [-0.39, 0.29) is 11.8 Å². The zero-order valence-corrected chi connectivity index (χ0v) is 18.0. The SMILES string of the molecule is O=C(CC1CCC(c2cccc(CN3CCCC3=O)c2)CC1)Nc1ccc(Cl)cc1. The van der Waals surface area contributed by atoms with Crippen LogP contribution < -0.4 is 5.32 Å². The lowest BCUT2D eigenvalue weighted by Gasteiger charge is -2.29. The summed E-state index contributed by atoms with van der Waals surface area (Å²) < 4.78 is 0. The van der Waals surface area contributed by atoms with E-state index in [1.165, 1.54) is 11.1 Å². The van der Waals surface area contributed by atoms with Crippen molar-refractivity contribution in [1.29, 1.82) is 0 Å². The fourth-order valence-corrected chi connectivity index (χ4v) is 4.87. The van der Waals surface area contributed by atoms with Gasteiger partial charge in [-0.05, 0) is 79.3 Å². The molecule has 2 aliphatic rings. The molecule has 0 aromatic heterocycles. The number of amides is 2. The molecule has 1 N–H and O–H groups in total. The molecular formula is C25H29ClN2O2. The Labute approximate surface area is 183 Å². The van der Waals surface area contributed by atoms with Gasteiger partial charge in [0.05, 0.1) is 0 Å². The van der Waals surface area contributed by atoms with Crippen molar-refractivity contribution in [3.05, 3.63) is 64.7 Å². The highest BCUT2D eigenvalue weighted by molar-refractivity contribution is 6.30. The fraction of sp³-hybridized carbons (Fsp3) is 0.440.